The van der Waals surface area contributed by atoms with E-state index in [0.717, 1.165) is 5.69 Å². The highest BCUT2D eigenvalue weighted by atomic mass is 16.2. The molecule has 2 heterocycles. The second kappa shape index (κ2) is 6.57. The van der Waals surface area contributed by atoms with Crippen molar-refractivity contribution in [3.05, 3.63) is 84.4 Å². The Morgan fingerprint density at radius 3 is 2.26 bits per heavy atom. The molecule has 1 aromatic carbocycles. The fourth-order valence-corrected chi connectivity index (χ4v) is 2.13. The van der Waals surface area contributed by atoms with Crippen LogP contribution in [0.1, 0.15) is 20.8 Å². The Morgan fingerprint density at radius 1 is 0.826 bits per heavy atom. The standard InChI is InChI=1S/C17H14N4O2/c22-16(19-20-17(23)14-8-3-4-10-18-14)13-7-1-2-9-15(13)21-11-5-6-12-21/h1-12H,(H,19,22)(H,20,23). The molecule has 114 valence electrons. The maximum atomic E-state index is 12.3. The van der Waals surface area contributed by atoms with Crippen molar-refractivity contribution in [2.24, 2.45) is 0 Å². The predicted octanol–water partition coefficient (Wildman–Crippen LogP) is 1.95. The molecule has 0 spiro atoms. The molecule has 2 amide bonds. The number of hydrogen-bond donors (Lipinski definition) is 2. The van der Waals surface area contributed by atoms with Crippen LogP contribution in [-0.2, 0) is 0 Å². The normalized spacial score (nSPS) is 10.1. The summed E-state index contributed by atoms with van der Waals surface area (Å²) in [5, 5.41) is 0. The van der Waals surface area contributed by atoms with Crippen molar-refractivity contribution in [1.82, 2.24) is 20.4 Å². The van der Waals surface area contributed by atoms with E-state index in [1.165, 1.54) is 6.20 Å². The fourth-order valence-electron chi connectivity index (χ4n) is 2.13. The number of rotatable bonds is 3. The van der Waals surface area contributed by atoms with E-state index in [1.807, 2.05) is 41.2 Å². The molecule has 0 saturated carbocycles. The highest BCUT2D eigenvalue weighted by molar-refractivity contribution is 6.00. The van der Waals surface area contributed by atoms with Crippen LogP contribution in [0.15, 0.2) is 73.2 Å². The van der Waals surface area contributed by atoms with Crippen molar-refractivity contribution in [2.45, 2.75) is 0 Å². The lowest BCUT2D eigenvalue weighted by Crippen LogP contribution is -2.42. The van der Waals surface area contributed by atoms with Gasteiger partial charge in [0.1, 0.15) is 5.69 Å². The lowest BCUT2D eigenvalue weighted by molar-refractivity contribution is 0.0844. The second-order valence-electron chi connectivity index (χ2n) is 4.73. The Hall–Kier alpha value is -3.41. The van der Waals surface area contributed by atoms with Crippen molar-refractivity contribution >= 4 is 11.8 Å². The van der Waals surface area contributed by atoms with Gasteiger partial charge in [-0.1, -0.05) is 18.2 Å². The minimum atomic E-state index is -0.475. The average Bonchev–Trinajstić information content (AvgIpc) is 3.14. The minimum absolute atomic E-state index is 0.228. The van der Waals surface area contributed by atoms with Crippen molar-refractivity contribution in [3.8, 4) is 5.69 Å². The van der Waals surface area contributed by atoms with Gasteiger partial charge in [0.2, 0.25) is 0 Å². The number of nitrogens with one attached hydrogen (secondary N) is 2. The summed E-state index contributed by atoms with van der Waals surface area (Å²) < 4.78 is 1.83. The number of nitrogens with zero attached hydrogens (tertiary/aromatic N) is 2. The van der Waals surface area contributed by atoms with Crippen LogP contribution in [0.2, 0.25) is 0 Å². The van der Waals surface area contributed by atoms with Gasteiger partial charge in [-0.25, -0.2) is 0 Å². The molecular formula is C17H14N4O2. The summed E-state index contributed by atoms with van der Waals surface area (Å²) in [5.74, 6) is -0.879. The van der Waals surface area contributed by atoms with Crippen LogP contribution in [0.3, 0.4) is 0 Å². The molecule has 0 unspecified atom stereocenters. The summed E-state index contributed by atoms with van der Waals surface area (Å²) in [6.45, 7) is 0. The monoisotopic (exact) mass is 306 g/mol. The number of amides is 2. The van der Waals surface area contributed by atoms with E-state index < -0.39 is 11.8 Å². The molecule has 23 heavy (non-hydrogen) atoms. The maximum absolute atomic E-state index is 12.3. The zero-order valence-electron chi connectivity index (χ0n) is 12.1. The Kier molecular flexibility index (Phi) is 4.15. The van der Waals surface area contributed by atoms with Crippen LogP contribution in [0.25, 0.3) is 5.69 Å². The summed E-state index contributed by atoms with van der Waals surface area (Å²) in [5.41, 5.74) is 6.17. The molecular weight excluding hydrogens is 292 g/mol. The molecule has 0 fully saturated rings. The summed E-state index contributed by atoms with van der Waals surface area (Å²) in [4.78, 5) is 28.2. The van der Waals surface area contributed by atoms with E-state index in [9.17, 15) is 9.59 Å². The van der Waals surface area contributed by atoms with E-state index in [1.54, 1.807) is 30.3 Å². The topological polar surface area (TPSA) is 76.0 Å². The number of carbonyl (C=O) groups excluding carboxylic acids is 2. The zero-order chi connectivity index (χ0) is 16.1. The average molecular weight is 306 g/mol. The number of hydrogen-bond acceptors (Lipinski definition) is 3. The smallest absolute Gasteiger partial charge is 0.288 e. The lowest BCUT2D eigenvalue weighted by atomic mass is 10.1. The van der Waals surface area contributed by atoms with Crippen LogP contribution in [0.4, 0.5) is 0 Å². The van der Waals surface area contributed by atoms with Gasteiger partial charge >= 0.3 is 0 Å². The van der Waals surface area contributed by atoms with Gasteiger partial charge < -0.3 is 4.57 Å². The lowest BCUT2D eigenvalue weighted by Gasteiger charge is -2.11. The van der Waals surface area contributed by atoms with Gasteiger partial charge in [-0.2, -0.15) is 0 Å². The van der Waals surface area contributed by atoms with Gasteiger partial charge in [0, 0.05) is 18.6 Å². The second-order valence-corrected chi connectivity index (χ2v) is 4.73. The molecule has 2 aromatic heterocycles. The first kappa shape index (κ1) is 14.5. The molecule has 0 atom stereocenters. The van der Waals surface area contributed by atoms with E-state index in [-0.39, 0.29) is 5.69 Å². The Bertz CT molecular complexity index is 814. The van der Waals surface area contributed by atoms with Crippen molar-refractivity contribution < 1.29 is 9.59 Å². The van der Waals surface area contributed by atoms with Crippen LogP contribution in [0, 0.1) is 0 Å². The third kappa shape index (κ3) is 3.26. The first-order valence-corrected chi connectivity index (χ1v) is 7.00. The van der Waals surface area contributed by atoms with Crippen LogP contribution >= 0.6 is 0 Å². The van der Waals surface area contributed by atoms with Gasteiger partial charge in [0.15, 0.2) is 0 Å². The third-order valence-corrected chi connectivity index (χ3v) is 3.22. The highest BCUT2D eigenvalue weighted by Gasteiger charge is 2.13. The molecule has 2 N–H and O–H groups in total. The largest absolute Gasteiger partial charge is 0.323 e. The van der Waals surface area contributed by atoms with E-state index in [0.29, 0.717) is 5.56 Å². The van der Waals surface area contributed by atoms with Gasteiger partial charge in [-0.3, -0.25) is 25.4 Å². The molecule has 6 nitrogen and oxygen atoms in total. The number of carbonyl (C=O) groups is 2. The molecule has 0 aliphatic heterocycles. The van der Waals surface area contributed by atoms with E-state index in [4.69, 9.17) is 0 Å². The summed E-state index contributed by atoms with van der Waals surface area (Å²) >= 11 is 0. The van der Waals surface area contributed by atoms with E-state index in [2.05, 4.69) is 15.8 Å². The van der Waals surface area contributed by atoms with Gasteiger partial charge in [0.25, 0.3) is 11.8 Å². The predicted molar refractivity (Wildman–Crippen MR) is 84.9 cm³/mol. The van der Waals surface area contributed by atoms with Crippen molar-refractivity contribution in [3.63, 3.8) is 0 Å². The van der Waals surface area contributed by atoms with Crippen molar-refractivity contribution in [2.75, 3.05) is 0 Å². The van der Waals surface area contributed by atoms with E-state index >= 15 is 0 Å². The molecule has 6 heteroatoms. The Balaban J connectivity index is 1.73. The number of pyridine rings is 1. The maximum Gasteiger partial charge on any atom is 0.288 e. The number of benzene rings is 1. The van der Waals surface area contributed by atoms with Gasteiger partial charge in [-0.05, 0) is 36.4 Å². The Morgan fingerprint density at radius 2 is 1.52 bits per heavy atom. The number of para-hydroxylation sites is 1. The summed E-state index contributed by atoms with van der Waals surface area (Å²) in [7, 11) is 0. The molecule has 3 aromatic rings. The molecule has 0 radical (unpaired) electrons. The SMILES string of the molecule is O=C(NNC(=O)c1ccccc1-n1cccc1)c1ccccn1. The zero-order valence-corrected chi connectivity index (χ0v) is 12.1. The van der Waals surface area contributed by atoms with Crippen LogP contribution in [-0.4, -0.2) is 21.4 Å². The van der Waals surface area contributed by atoms with Crippen LogP contribution in [0.5, 0.6) is 0 Å². The molecule has 0 saturated heterocycles. The fraction of sp³-hybridized carbons (Fsp3) is 0. The first-order chi connectivity index (χ1) is 11.3. The Labute approximate surface area is 132 Å². The first-order valence-electron chi connectivity index (χ1n) is 7.00. The third-order valence-electron chi connectivity index (χ3n) is 3.22. The summed E-state index contributed by atoms with van der Waals surface area (Å²) in [6.07, 6.45) is 5.20. The molecule has 3 rings (SSSR count). The van der Waals surface area contributed by atoms with Gasteiger partial charge in [-0.15, -0.1) is 0 Å². The molecule has 0 bridgehead atoms. The van der Waals surface area contributed by atoms with Gasteiger partial charge in [0.05, 0.1) is 11.3 Å². The number of aromatic nitrogens is 2. The highest BCUT2D eigenvalue weighted by Crippen LogP contribution is 2.14. The van der Waals surface area contributed by atoms with Crippen LogP contribution < -0.4 is 10.9 Å². The molecule has 0 aliphatic rings. The quantitative estimate of drug-likeness (QED) is 0.726. The molecule has 0 aliphatic carbocycles. The number of hydrazine groups is 1. The summed E-state index contributed by atoms with van der Waals surface area (Å²) in [6, 6.07) is 15.9. The van der Waals surface area contributed by atoms with Crippen molar-refractivity contribution in [1.29, 1.82) is 0 Å². The minimum Gasteiger partial charge on any atom is -0.323 e.